The standard InChI is InChI=1S/C22H21Cl3N2O2/c1-2-4-18(28)26-17-8-7-15(24)21-19(17)12-5-3-6-13(12)20(27-21)14-9-11(23)10-16(25)22(14)29/h3,5,7-10,12-13,20,27,29H,2,4,6H2,1H3,(H,26,28). The molecule has 3 N–H and O–H groups in total. The fraction of sp³-hybridized carbons (Fsp3) is 0.318. The molecule has 152 valence electrons. The molecule has 0 spiro atoms. The van der Waals surface area contributed by atoms with Crippen LogP contribution in [0.1, 0.15) is 49.3 Å². The van der Waals surface area contributed by atoms with Gasteiger partial charge in [-0.1, -0.05) is 53.9 Å². The van der Waals surface area contributed by atoms with Gasteiger partial charge in [0.05, 0.1) is 21.8 Å². The van der Waals surface area contributed by atoms with E-state index in [2.05, 4.69) is 22.8 Å². The maximum Gasteiger partial charge on any atom is 0.224 e. The topological polar surface area (TPSA) is 61.4 Å². The van der Waals surface area contributed by atoms with E-state index in [0.29, 0.717) is 22.0 Å². The third-order valence-corrected chi connectivity index (χ3v) is 6.43. The Labute approximate surface area is 184 Å². The fourth-order valence-electron chi connectivity index (χ4n) is 4.35. The van der Waals surface area contributed by atoms with E-state index in [0.717, 1.165) is 29.8 Å². The maximum absolute atomic E-state index is 12.2. The molecule has 7 heteroatoms. The first-order chi connectivity index (χ1) is 13.9. The zero-order chi connectivity index (χ0) is 20.7. The van der Waals surface area contributed by atoms with Gasteiger partial charge in [0.15, 0.2) is 0 Å². The number of benzene rings is 2. The molecule has 2 aliphatic rings. The first-order valence-electron chi connectivity index (χ1n) is 9.64. The molecule has 29 heavy (non-hydrogen) atoms. The largest absolute Gasteiger partial charge is 0.506 e. The summed E-state index contributed by atoms with van der Waals surface area (Å²) in [4.78, 5) is 12.2. The fourth-order valence-corrected chi connectivity index (χ4v) is 5.08. The van der Waals surface area contributed by atoms with Crippen LogP contribution in [0, 0.1) is 5.92 Å². The Balaban J connectivity index is 1.81. The summed E-state index contributed by atoms with van der Waals surface area (Å²) in [5.41, 5.74) is 3.14. The molecular formula is C22H21Cl3N2O2. The van der Waals surface area contributed by atoms with Crippen LogP contribution in [0.4, 0.5) is 11.4 Å². The summed E-state index contributed by atoms with van der Waals surface area (Å²) in [5, 5.41) is 18.4. The zero-order valence-electron chi connectivity index (χ0n) is 15.8. The number of fused-ring (bicyclic) bond motifs is 3. The second kappa shape index (κ2) is 8.10. The summed E-state index contributed by atoms with van der Waals surface area (Å²) in [6.45, 7) is 1.97. The van der Waals surface area contributed by atoms with Gasteiger partial charge in [-0.15, -0.1) is 0 Å². The van der Waals surface area contributed by atoms with E-state index in [4.69, 9.17) is 34.8 Å². The molecule has 2 aromatic rings. The molecule has 1 heterocycles. The second-order valence-corrected chi connectivity index (χ2v) is 8.73. The lowest BCUT2D eigenvalue weighted by Gasteiger charge is -2.39. The maximum atomic E-state index is 12.2. The van der Waals surface area contributed by atoms with Gasteiger partial charge in [-0.2, -0.15) is 0 Å². The van der Waals surface area contributed by atoms with Crippen molar-refractivity contribution in [1.29, 1.82) is 0 Å². The van der Waals surface area contributed by atoms with E-state index in [1.165, 1.54) is 6.07 Å². The number of allylic oxidation sites excluding steroid dienone is 2. The van der Waals surface area contributed by atoms with Gasteiger partial charge >= 0.3 is 0 Å². The van der Waals surface area contributed by atoms with Crippen LogP contribution in [0.5, 0.6) is 5.75 Å². The number of carbonyl (C=O) groups excluding carboxylic acids is 1. The van der Waals surface area contributed by atoms with Crippen LogP contribution in [-0.4, -0.2) is 11.0 Å². The van der Waals surface area contributed by atoms with Crippen LogP contribution in [0.2, 0.25) is 15.1 Å². The van der Waals surface area contributed by atoms with Crippen molar-refractivity contribution in [2.45, 2.75) is 38.1 Å². The number of rotatable bonds is 4. The van der Waals surface area contributed by atoms with E-state index < -0.39 is 0 Å². The smallest absolute Gasteiger partial charge is 0.224 e. The van der Waals surface area contributed by atoms with Crippen molar-refractivity contribution in [1.82, 2.24) is 0 Å². The Morgan fingerprint density at radius 3 is 2.79 bits per heavy atom. The second-order valence-electron chi connectivity index (χ2n) is 7.48. The predicted octanol–water partition coefficient (Wildman–Crippen LogP) is 6.92. The number of nitrogens with one attached hydrogen (secondary N) is 2. The number of amides is 1. The number of hydrogen-bond acceptors (Lipinski definition) is 3. The number of phenols is 1. The number of aromatic hydroxyl groups is 1. The average molecular weight is 452 g/mol. The van der Waals surface area contributed by atoms with Crippen LogP contribution < -0.4 is 10.6 Å². The Morgan fingerprint density at radius 1 is 1.24 bits per heavy atom. The highest BCUT2D eigenvalue weighted by Crippen LogP contribution is 2.55. The molecule has 4 rings (SSSR count). The lowest BCUT2D eigenvalue weighted by Crippen LogP contribution is -2.30. The number of phenolic OH excluding ortho intramolecular Hbond substituents is 1. The first-order valence-corrected chi connectivity index (χ1v) is 10.8. The van der Waals surface area contributed by atoms with E-state index in [1.807, 2.05) is 13.0 Å². The minimum atomic E-state index is -0.224. The van der Waals surface area contributed by atoms with Crippen molar-refractivity contribution < 1.29 is 9.90 Å². The minimum Gasteiger partial charge on any atom is -0.506 e. The molecule has 0 bridgehead atoms. The van der Waals surface area contributed by atoms with Gasteiger partial charge in [0.25, 0.3) is 0 Å². The van der Waals surface area contributed by atoms with E-state index in [-0.39, 0.29) is 34.6 Å². The van der Waals surface area contributed by atoms with E-state index >= 15 is 0 Å². The predicted molar refractivity (Wildman–Crippen MR) is 119 cm³/mol. The highest BCUT2D eigenvalue weighted by molar-refractivity contribution is 6.35. The van der Waals surface area contributed by atoms with Gasteiger partial charge in [-0.3, -0.25) is 4.79 Å². The van der Waals surface area contributed by atoms with Crippen LogP contribution in [0.25, 0.3) is 0 Å². The Kier molecular flexibility index (Phi) is 5.69. The summed E-state index contributed by atoms with van der Waals surface area (Å²) < 4.78 is 0. The number of hydrogen-bond donors (Lipinski definition) is 3. The molecule has 1 aliphatic carbocycles. The van der Waals surface area contributed by atoms with Crippen LogP contribution in [-0.2, 0) is 4.79 Å². The van der Waals surface area contributed by atoms with Crippen LogP contribution in [0.3, 0.4) is 0 Å². The van der Waals surface area contributed by atoms with E-state index in [1.54, 1.807) is 12.1 Å². The molecule has 0 saturated heterocycles. The summed E-state index contributed by atoms with van der Waals surface area (Å²) in [6.07, 6.45) is 6.34. The lowest BCUT2D eigenvalue weighted by atomic mass is 9.76. The summed E-state index contributed by atoms with van der Waals surface area (Å²) in [7, 11) is 0. The third kappa shape index (κ3) is 3.70. The Hall–Kier alpha value is -1.88. The van der Waals surface area contributed by atoms with Crippen molar-refractivity contribution >= 4 is 52.1 Å². The zero-order valence-corrected chi connectivity index (χ0v) is 18.1. The van der Waals surface area contributed by atoms with Crippen LogP contribution in [0.15, 0.2) is 36.4 Å². The van der Waals surface area contributed by atoms with Crippen molar-refractivity contribution in [3.05, 3.63) is 62.6 Å². The molecule has 1 aliphatic heterocycles. The number of anilines is 2. The minimum absolute atomic E-state index is 0.0167. The summed E-state index contributed by atoms with van der Waals surface area (Å²) in [6, 6.07) is 6.67. The van der Waals surface area contributed by atoms with Crippen molar-refractivity contribution in [3.8, 4) is 5.75 Å². The molecule has 3 atom stereocenters. The quantitative estimate of drug-likeness (QED) is 0.442. The molecule has 2 aromatic carbocycles. The molecule has 4 nitrogen and oxygen atoms in total. The highest BCUT2D eigenvalue weighted by Gasteiger charge is 2.41. The molecule has 0 aromatic heterocycles. The highest BCUT2D eigenvalue weighted by atomic mass is 35.5. The third-order valence-electron chi connectivity index (χ3n) is 5.61. The van der Waals surface area contributed by atoms with Crippen molar-refractivity contribution in [2.75, 3.05) is 10.6 Å². The SMILES string of the molecule is CCCC(=O)Nc1ccc(Cl)c2c1C1C=CCC1C(c1cc(Cl)cc(Cl)c1O)N2. The van der Waals surface area contributed by atoms with Crippen molar-refractivity contribution in [2.24, 2.45) is 5.92 Å². The normalized spacial score (nSPS) is 22.0. The summed E-state index contributed by atoms with van der Waals surface area (Å²) in [5.74, 6) is 0.176. The van der Waals surface area contributed by atoms with E-state index in [9.17, 15) is 9.90 Å². The summed E-state index contributed by atoms with van der Waals surface area (Å²) >= 11 is 18.9. The Bertz CT molecular complexity index is 1010. The lowest BCUT2D eigenvalue weighted by molar-refractivity contribution is -0.116. The van der Waals surface area contributed by atoms with Gasteiger partial charge in [0, 0.05) is 34.2 Å². The van der Waals surface area contributed by atoms with Gasteiger partial charge < -0.3 is 15.7 Å². The number of carbonyl (C=O) groups is 1. The molecule has 0 fully saturated rings. The van der Waals surface area contributed by atoms with Gasteiger partial charge in [0.2, 0.25) is 5.91 Å². The van der Waals surface area contributed by atoms with Gasteiger partial charge in [-0.05, 0) is 43.0 Å². The average Bonchev–Trinajstić information content (AvgIpc) is 3.16. The molecule has 3 unspecified atom stereocenters. The number of halogens is 3. The molecule has 0 radical (unpaired) electrons. The molecular weight excluding hydrogens is 431 g/mol. The molecule has 1 amide bonds. The first kappa shape index (κ1) is 20.4. The van der Waals surface area contributed by atoms with Crippen LogP contribution >= 0.6 is 34.8 Å². The Morgan fingerprint density at radius 2 is 2.03 bits per heavy atom. The van der Waals surface area contributed by atoms with Gasteiger partial charge in [-0.25, -0.2) is 0 Å². The molecule has 0 saturated carbocycles. The van der Waals surface area contributed by atoms with Crippen molar-refractivity contribution in [3.63, 3.8) is 0 Å². The monoisotopic (exact) mass is 450 g/mol. The van der Waals surface area contributed by atoms with Gasteiger partial charge in [0.1, 0.15) is 5.75 Å².